The monoisotopic (exact) mass is 334 g/mol. The van der Waals surface area contributed by atoms with Crippen molar-refractivity contribution in [1.29, 1.82) is 0 Å². The molecule has 1 aliphatic heterocycles. The van der Waals surface area contributed by atoms with Crippen LogP contribution in [0.4, 0.5) is 0 Å². The highest BCUT2D eigenvalue weighted by atomic mass is 16.5. The molecule has 1 aliphatic rings. The third-order valence-electron chi connectivity index (χ3n) is 4.41. The summed E-state index contributed by atoms with van der Waals surface area (Å²) in [5.41, 5.74) is 3.48. The lowest BCUT2D eigenvalue weighted by Gasteiger charge is -2.36. The van der Waals surface area contributed by atoms with E-state index in [-0.39, 0.29) is 5.91 Å². The lowest BCUT2D eigenvalue weighted by molar-refractivity contribution is -0.137. The van der Waals surface area contributed by atoms with Gasteiger partial charge in [0.25, 0.3) is 0 Å². The van der Waals surface area contributed by atoms with Crippen LogP contribution >= 0.6 is 0 Å². The molecule has 0 radical (unpaired) electrons. The molecule has 0 atom stereocenters. The number of nitrogens with zero attached hydrogens (tertiary/aromatic N) is 2. The molecule has 0 spiro atoms. The summed E-state index contributed by atoms with van der Waals surface area (Å²) in [6.45, 7) is 6.85. The average molecular weight is 334 g/mol. The highest BCUT2D eigenvalue weighted by molar-refractivity contribution is 6.32. The molecule has 5 heteroatoms. The second-order valence-corrected chi connectivity index (χ2v) is 6.39. The summed E-state index contributed by atoms with van der Waals surface area (Å²) >= 11 is 0. The molecule has 0 aliphatic carbocycles. The van der Waals surface area contributed by atoms with Gasteiger partial charge < -0.3 is 14.5 Å². The Morgan fingerprint density at radius 3 is 2.44 bits per heavy atom. The summed E-state index contributed by atoms with van der Waals surface area (Å²) in [5, 5.41) is 0. The maximum Gasteiger partial charge on any atom is 0.242 e. The zero-order valence-corrected chi connectivity index (χ0v) is 14.6. The minimum absolute atomic E-state index is 0.108. The van der Waals surface area contributed by atoms with Gasteiger partial charge in [0.05, 0.1) is 6.54 Å². The zero-order chi connectivity index (χ0) is 17.6. The molecule has 0 unspecified atom stereocenters. The first kappa shape index (κ1) is 17.1. The zero-order valence-electron chi connectivity index (χ0n) is 14.6. The van der Waals surface area contributed by atoms with Crippen LogP contribution < -0.4 is 5.46 Å². The largest absolute Gasteiger partial charge is 0.475 e. The Morgan fingerprint density at radius 2 is 1.76 bits per heavy atom. The standard InChI is InChI=1S/C20H23BN2O2/c1-16(25-15-18-5-3-2-4-6-18)22-11-12-23(20(24)14-22)13-17-7-9-19(21)10-8-17/h2-10H,1,11-15,21H2. The molecule has 1 amide bonds. The molecule has 1 fully saturated rings. The van der Waals surface area contributed by atoms with Gasteiger partial charge in [0, 0.05) is 19.6 Å². The summed E-state index contributed by atoms with van der Waals surface area (Å²) in [7, 11) is 2.06. The lowest BCUT2D eigenvalue weighted by atomic mass is 9.95. The van der Waals surface area contributed by atoms with Crippen LogP contribution in [0.1, 0.15) is 11.1 Å². The van der Waals surface area contributed by atoms with Gasteiger partial charge in [0.2, 0.25) is 5.91 Å². The van der Waals surface area contributed by atoms with Crippen LogP contribution in [0.5, 0.6) is 0 Å². The van der Waals surface area contributed by atoms with Crippen molar-refractivity contribution in [2.75, 3.05) is 19.6 Å². The molecule has 1 saturated heterocycles. The maximum absolute atomic E-state index is 12.4. The molecule has 2 aromatic rings. The molecule has 0 saturated carbocycles. The predicted octanol–water partition coefficient (Wildman–Crippen LogP) is 1.28. The highest BCUT2D eigenvalue weighted by Crippen LogP contribution is 2.14. The molecule has 0 bridgehead atoms. The molecular weight excluding hydrogens is 311 g/mol. The first-order valence-corrected chi connectivity index (χ1v) is 8.56. The maximum atomic E-state index is 12.4. The van der Waals surface area contributed by atoms with Crippen LogP contribution in [0, 0.1) is 0 Å². The first-order valence-electron chi connectivity index (χ1n) is 8.56. The summed E-state index contributed by atoms with van der Waals surface area (Å²) in [6.07, 6.45) is 0. The summed E-state index contributed by atoms with van der Waals surface area (Å²) in [5.74, 6) is 0.670. The fourth-order valence-electron chi connectivity index (χ4n) is 2.83. The molecule has 0 N–H and O–H groups in total. The predicted molar refractivity (Wildman–Crippen MR) is 102 cm³/mol. The summed E-state index contributed by atoms with van der Waals surface area (Å²) < 4.78 is 5.74. The van der Waals surface area contributed by atoms with E-state index in [1.165, 1.54) is 5.46 Å². The lowest BCUT2D eigenvalue weighted by Crippen LogP contribution is -2.49. The Hall–Kier alpha value is -2.69. The number of benzene rings is 2. The van der Waals surface area contributed by atoms with Crippen molar-refractivity contribution in [3.8, 4) is 0 Å². The minimum Gasteiger partial charge on any atom is -0.475 e. The topological polar surface area (TPSA) is 32.8 Å². The van der Waals surface area contributed by atoms with Gasteiger partial charge in [-0.2, -0.15) is 0 Å². The van der Waals surface area contributed by atoms with Crippen LogP contribution in [-0.2, 0) is 22.7 Å². The second kappa shape index (κ2) is 7.93. The SMILES string of the molecule is Bc1ccc(CN2CCN(C(=C)OCc3ccccc3)CC2=O)cc1. The van der Waals surface area contributed by atoms with Crippen LogP contribution in [0.2, 0.25) is 0 Å². The van der Waals surface area contributed by atoms with E-state index >= 15 is 0 Å². The van der Waals surface area contributed by atoms with E-state index in [9.17, 15) is 4.79 Å². The Balaban J connectivity index is 1.50. The van der Waals surface area contributed by atoms with Gasteiger partial charge in [-0.1, -0.05) is 60.1 Å². The highest BCUT2D eigenvalue weighted by Gasteiger charge is 2.25. The van der Waals surface area contributed by atoms with Crippen LogP contribution in [0.15, 0.2) is 67.1 Å². The number of hydrogen-bond donors (Lipinski definition) is 0. The fraction of sp³-hybridized carbons (Fsp3) is 0.250. The van der Waals surface area contributed by atoms with Crippen LogP contribution in [0.3, 0.4) is 0 Å². The van der Waals surface area contributed by atoms with Crippen molar-refractivity contribution in [2.24, 2.45) is 0 Å². The Labute approximate surface area is 150 Å². The molecule has 3 rings (SSSR count). The van der Waals surface area contributed by atoms with Gasteiger partial charge in [-0.3, -0.25) is 4.79 Å². The quantitative estimate of drug-likeness (QED) is 0.589. The number of ether oxygens (including phenoxy) is 1. The Kier molecular flexibility index (Phi) is 5.44. The number of amides is 1. The fourth-order valence-corrected chi connectivity index (χ4v) is 2.83. The van der Waals surface area contributed by atoms with Crippen molar-refractivity contribution >= 4 is 19.2 Å². The van der Waals surface area contributed by atoms with E-state index < -0.39 is 0 Å². The van der Waals surface area contributed by atoms with E-state index in [2.05, 4.69) is 38.7 Å². The Bertz CT molecular complexity index is 731. The van der Waals surface area contributed by atoms with E-state index in [1.54, 1.807) is 0 Å². The number of hydrogen-bond acceptors (Lipinski definition) is 3. The normalized spacial score (nSPS) is 14.5. The van der Waals surface area contributed by atoms with Gasteiger partial charge in [-0.05, 0) is 17.7 Å². The van der Waals surface area contributed by atoms with Gasteiger partial charge in [0.15, 0.2) is 5.88 Å². The van der Waals surface area contributed by atoms with Crippen molar-refractivity contribution in [1.82, 2.24) is 9.80 Å². The number of carbonyl (C=O) groups is 1. The minimum atomic E-state index is 0.108. The number of piperazine rings is 1. The van der Waals surface area contributed by atoms with Crippen molar-refractivity contribution in [2.45, 2.75) is 13.2 Å². The molecule has 25 heavy (non-hydrogen) atoms. The molecular formula is C20H23BN2O2. The average Bonchev–Trinajstić information content (AvgIpc) is 2.64. The smallest absolute Gasteiger partial charge is 0.242 e. The first-order chi connectivity index (χ1) is 12.1. The molecule has 2 aromatic carbocycles. The third-order valence-corrected chi connectivity index (χ3v) is 4.41. The van der Waals surface area contributed by atoms with E-state index in [1.807, 2.05) is 40.1 Å². The van der Waals surface area contributed by atoms with Gasteiger partial charge in [-0.25, -0.2) is 0 Å². The molecule has 0 aromatic heterocycles. The van der Waals surface area contributed by atoms with E-state index in [4.69, 9.17) is 4.74 Å². The van der Waals surface area contributed by atoms with Crippen LogP contribution in [0.25, 0.3) is 0 Å². The van der Waals surface area contributed by atoms with Gasteiger partial charge in [0.1, 0.15) is 14.5 Å². The molecule has 4 nitrogen and oxygen atoms in total. The summed E-state index contributed by atoms with van der Waals surface area (Å²) in [4.78, 5) is 16.3. The van der Waals surface area contributed by atoms with Gasteiger partial charge in [-0.15, -0.1) is 0 Å². The third kappa shape index (κ3) is 4.66. The van der Waals surface area contributed by atoms with E-state index in [0.717, 1.165) is 17.7 Å². The number of carbonyl (C=O) groups excluding carboxylic acids is 1. The van der Waals surface area contributed by atoms with Crippen molar-refractivity contribution < 1.29 is 9.53 Å². The van der Waals surface area contributed by atoms with Crippen molar-refractivity contribution in [3.63, 3.8) is 0 Å². The van der Waals surface area contributed by atoms with Crippen molar-refractivity contribution in [3.05, 3.63) is 78.2 Å². The molecule has 1 heterocycles. The number of rotatable bonds is 6. The second-order valence-electron chi connectivity index (χ2n) is 6.39. The molecule has 128 valence electrons. The van der Waals surface area contributed by atoms with Crippen LogP contribution in [-0.4, -0.2) is 43.2 Å². The summed E-state index contributed by atoms with van der Waals surface area (Å²) in [6, 6.07) is 18.3. The van der Waals surface area contributed by atoms with Gasteiger partial charge >= 0.3 is 0 Å². The van der Waals surface area contributed by atoms with E-state index in [0.29, 0.717) is 32.1 Å². The Morgan fingerprint density at radius 1 is 1.04 bits per heavy atom.